The number of nitrogen functional groups attached to an aromatic ring is 1. The van der Waals surface area contributed by atoms with E-state index in [2.05, 4.69) is 43.7 Å². The molecule has 5 rings (SSSR count). The summed E-state index contributed by atoms with van der Waals surface area (Å²) in [6, 6.07) is 6.23. The zero-order valence-electron chi connectivity index (χ0n) is 17.9. The molecular formula is C22H24N10. The fraction of sp³-hybridized carbons (Fsp3) is 0.182. The zero-order valence-corrected chi connectivity index (χ0v) is 17.9. The summed E-state index contributed by atoms with van der Waals surface area (Å²) in [5.74, 6) is 7.07. The highest BCUT2D eigenvalue weighted by Crippen LogP contribution is 2.30. The van der Waals surface area contributed by atoms with Crippen LogP contribution in [0.5, 0.6) is 0 Å². The van der Waals surface area contributed by atoms with Crippen LogP contribution < -0.4 is 21.9 Å². The molecule has 10 heteroatoms. The number of hydrazine groups is 1. The lowest BCUT2D eigenvalue weighted by molar-refractivity contribution is 0.767. The Bertz CT molecular complexity index is 1320. The van der Waals surface area contributed by atoms with Crippen LogP contribution in [-0.4, -0.2) is 36.1 Å². The molecule has 162 valence electrons. The second kappa shape index (κ2) is 7.82. The normalized spacial score (nSPS) is 12.8. The van der Waals surface area contributed by atoms with Gasteiger partial charge < -0.3 is 11.1 Å². The molecule has 1 aliphatic heterocycles. The molecule has 1 aromatic carbocycles. The molecule has 0 bridgehead atoms. The second-order valence-corrected chi connectivity index (χ2v) is 7.84. The quantitative estimate of drug-likeness (QED) is 0.325. The predicted molar refractivity (Wildman–Crippen MR) is 125 cm³/mol. The first-order chi connectivity index (χ1) is 15.5. The third kappa shape index (κ3) is 3.79. The van der Waals surface area contributed by atoms with Crippen molar-refractivity contribution < 1.29 is 0 Å². The van der Waals surface area contributed by atoms with Crippen LogP contribution in [0.2, 0.25) is 0 Å². The Hall–Kier alpha value is -4.18. The van der Waals surface area contributed by atoms with E-state index in [1.165, 1.54) is 10.6 Å². The van der Waals surface area contributed by atoms with E-state index in [4.69, 9.17) is 11.6 Å². The number of nitrogens with one attached hydrogen (secondary N) is 1. The lowest BCUT2D eigenvalue weighted by atomic mass is 9.99. The molecule has 5 N–H and O–H groups in total. The molecule has 0 spiro atoms. The maximum Gasteiger partial charge on any atom is 0.186 e. The van der Waals surface area contributed by atoms with Crippen molar-refractivity contribution in [1.29, 1.82) is 0 Å². The molecular weight excluding hydrogens is 404 g/mol. The van der Waals surface area contributed by atoms with Crippen molar-refractivity contribution in [1.82, 2.24) is 29.5 Å². The van der Waals surface area contributed by atoms with Gasteiger partial charge in [0, 0.05) is 49.8 Å². The Morgan fingerprint density at radius 1 is 1.06 bits per heavy atom. The molecule has 4 heterocycles. The summed E-state index contributed by atoms with van der Waals surface area (Å²) >= 11 is 0. The number of nitrogens with two attached hydrogens (primary N) is 2. The van der Waals surface area contributed by atoms with Crippen LogP contribution in [0.3, 0.4) is 0 Å². The lowest BCUT2D eigenvalue weighted by Crippen LogP contribution is -2.32. The summed E-state index contributed by atoms with van der Waals surface area (Å²) in [4.78, 5) is 8.89. The van der Waals surface area contributed by atoms with E-state index >= 15 is 0 Å². The summed E-state index contributed by atoms with van der Waals surface area (Å²) < 4.78 is 3.52. The van der Waals surface area contributed by atoms with Gasteiger partial charge in [-0.05, 0) is 34.9 Å². The van der Waals surface area contributed by atoms with E-state index < -0.39 is 0 Å². The molecule has 0 unspecified atom stereocenters. The fourth-order valence-corrected chi connectivity index (χ4v) is 3.76. The van der Waals surface area contributed by atoms with Crippen molar-refractivity contribution in [2.45, 2.75) is 6.54 Å². The van der Waals surface area contributed by atoms with Gasteiger partial charge in [-0.1, -0.05) is 6.07 Å². The van der Waals surface area contributed by atoms with E-state index in [-0.39, 0.29) is 5.82 Å². The zero-order chi connectivity index (χ0) is 22.2. The molecule has 0 amide bonds. The minimum Gasteiger partial charge on any atom is -0.381 e. The standard InChI is InChI=1S/C22H24N10/c1-30-12-17(8-27-30)16-6-15-5-14(3-4-19(15)25-7-16)11-32(24)22-21(23)26-10-20(29-22)18-9-28-31(2)13-18/h3-6,8-10,12-13,25H,7,11,24H2,1-2H3,(H2,23,26). The number of rotatable bonds is 5. The maximum atomic E-state index is 6.37. The van der Waals surface area contributed by atoms with Gasteiger partial charge in [0.1, 0.15) is 0 Å². The Morgan fingerprint density at radius 2 is 1.81 bits per heavy atom. The monoisotopic (exact) mass is 428 g/mol. The van der Waals surface area contributed by atoms with Crippen molar-refractivity contribution in [3.63, 3.8) is 0 Å². The van der Waals surface area contributed by atoms with Crippen molar-refractivity contribution in [2.75, 3.05) is 22.6 Å². The van der Waals surface area contributed by atoms with Crippen LogP contribution in [0.25, 0.3) is 22.9 Å². The summed E-state index contributed by atoms with van der Waals surface area (Å²) in [6.45, 7) is 1.19. The topological polar surface area (TPSA) is 129 Å². The van der Waals surface area contributed by atoms with E-state index in [1.54, 1.807) is 21.8 Å². The van der Waals surface area contributed by atoms with Crippen molar-refractivity contribution >= 4 is 29.0 Å². The van der Waals surface area contributed by atoms with Crippen LogP contribution in [0.1, 0.15) is 16.7 Å². The van der Waals surface area contributed by atoms with Crippen molar-refractivity contribution in [3.05, 3.63) is 65.9 Å². The van der Waals surface area contributed by atoms with E-state index in [0.29, 0.717) is 18.1 Å². The van der Waals surface area contributed by atoms with Gasteiger partial charge in [-0.3, -0.25) is 14.4 Å². The average Bonchev–Trinajstić information content (AvgIpc) is 3.42. The number of aryl methyl sites for hydroxylation is 2. The number of hydrogen-bond acceptors (Lipinski definition) is 8. The number of hydrogen-bond donors (Lipinski definition) is 3. The number of aromatic nitrogens is 6. The highest BCUT2D eigenvalue weighted by atomic mass is 15.4. The third-order valence-corrected chi connectivity index (χ3v) is 5.40. The lowest BCUT2D eigenvalue weighted by Gasteiger charge is -2.22. The molecule has 1 aliphatic rings. The first-order valence-corrected chi connectivity index (χ1v) is 10.2. The second-order valence-electron chi connectivity index (χ2n) is 7.84. The molecule has 3 aromatic heterocycles. The maximum absolute atomic E-state index is 6.37. The van der Waals surface area contributed by atoms with E-state index in [9.17, 15) is 0 Å². The van der Waals surface area contributed by atoms with Crippen LogP contribution in [0.4, 0.5) is 17.3 Å². The van der Waals surface area contributed by atoms with Crippen molar-refractivity contribution in [2.24, 2.45) is 19.9 Å². The number of anilines is 3. The molecule has 0 saturated carbocycles. The fourth-order valence-electron chi connectivity index (χ4n) is 3.76. The van der Waals surface area contributed by atoms with Crippen LogP contribution >= 0.6 is 0 Å². The summed E-state index contributed by atoms with van der Waals surface area (Å²) in [6.07, 6.45) is 11.3. The molecule has 0 atom stereocenters. The Balaban J connectivity index is 1.40. The van der Waals surface area contributed by atoms with Gasteiger partial charge in [0.2, 0.25) is 0 Å². The highest BCUT2D eigenvalue weighted by Gasteiger charge is 2.16. The van der Waals surface area contributed by atoms with E-state index in [1.807, 2.05) is 38.8 Å². The first-order valence-electron chi connectivity index (χ1n) is 10.2. The van der Waals surface area contributed by atoms with Gasteiger partial charge in [-0.25, -0.2) is 15.8 Å². The number of benzene rings is 1. The molecule has 4 aromatic rings. The number of fused-ring (bicyclic) bond motifs is 1. The van der Waals surface area contributed by atoms with Crippen LogP contribution in [0, 0.1) is 0 Å². The average molecular weight is 429 g/mol. The van der Waals surface area contributed by atoms with E-state index in [0.717, 1.165) is 34.5 Å². The van der Waals surface area contributed by atoms with Crippen molar-refractivity contribution in [3.8, 4) is 11.3 Å². The van der Waals surface area contributed by atoms with Gasteiger partial charge in [-0.15, -0.1) is 0 Å². The van der Waals surface area contributed by atoms with Gasteiger partial charge in [0.25, 0.3) is 0 Å². The first kappa shape index (κ1) is 19.8. The summed E-state index contributed by atoms with van der Waals surface area (Å²) in [7, 11) is 3.77. The van der Waals surface area contributed by atoms with Gasteiger partial charge in [-0.2, -0.15) is 10.2 Å². The van der Waals surface area contributed by atoms with Gasteiger partial charge in [0.05, 0.1) is 30.8 Å². The van der Waals surface area contributed by atoms with Gasteiger partial charge >= 0.3 is 0 Å². The Labute approximate surface area is 185 Å². The minimum atomic E-state index is 0.276. The third-order valence-electron chi connectivity index (χ3n) is 5.40. The summed E-state index contributed by atoms with van der Waals surface area (Å²) in [5, 5.41) is 13.4. The van der Waals surface area contributed by atoms with Crippen LogP contribution in [-0.2, 0) is 20.6 Å². The molecule has 0 fully saturated rings. The Kier molecular flexibility index (Phi) is 4.83. The SMILES string of the molecule is Cn1cc(C2=Cc3cc(CN(N)c4nc(-c5cnn(C)c5)cnc4N)ccc3NC2)cn1. The molecule has 0 radical (unpaired) electrons. The van der Waals surface area contributed by atoms with Gasteiger partial charge in [0.15, 0.2) is 11.6 Å². The minimum absolute atomic E-state index is 0.276. The molecule has 32 heavy (non-hydrogen) atoms. The molecule has 0 saturated heterocycles. The predicted octanol–water partition coefficient (Wildman–Crippen LogP) is 2.04. The summed E-state index contributed by atoms with van der Waals surface area (Å²) in [5.41, 5.74) is 13.1. The number of nitrogens with zero attached hydrogens (tertiary/aromatic N) is 7. The Morgan fingerprint density at radius 3 is 2.53 bits per heavy atom. The molecule has 0 aliphatic carbocycles. The smallest absolute Gasteiger partial charge is 0.186 e. The molecule has 10 nitrogen and oxygen atoms in total. The van der Waals surface area contributed by atoms with Crippen LogP contribution in [0.15, 0.2) is 49.2 Å². The largest absolute Gasteiger partial charge is 0.381 e. The highest BCUT2D eigenvalue weighted by molar-refractivity contribution is 5.90.